The zero-order valence-corrected chi connectivity index (χ0v) is 13.0. The maximum Gasteiger partial charge on any atom is 0.328 e. The Morgan fingerprint density at radius 2 is 2.09 bits per heavy atom. The molecular weight excluding hydrogens is 282 g/mol. The monoisotopic (exact) mass is 303 g/mol. The van der Waals surface area contributed by atoms with Crippen LogP contribution in [-0.2, 0) is 14.3 Å². The van der Waals surface area contributed by atoms with E-state index in [1.807, 2.05) is 24.3 Å². The Morgan fingerprint density at radius 3 is 2.82 bits per heavy atom. The van der Waals surface area contributed by atoms with Crippen molar-refractivity contribution in [1.29, 1.82) is 0 Å². The number of ether oxygens (including phenoxy) is 2. The molecule has 1 atom stereocenters. The van der Waals surface area contributed by atoms with Crippen molar-refractivity contribution in [2.45, 2.75) is 25.3 Å². The molecule has 5 heteroatoms. The number of hydrogen-bond donors (Lipinski definition) is 0. The number of likely N-dealkylation sites (tertiary alicyclic amines) is 1. The van der Waals surface area contributed by atoms with E-state index < -0.39 is 6.04 Å². The molecule has 1 fully saturated rings. The predicted octanol–water partition coefficient (Wildman–Crippen LogP) is 2.26. The van der Waals surface area contributed by atoms with Crippen molar-refractivity contribution in [3.63, 3.8) is 0 Å². The number of amides is 1. The summed E-state index contributed by atoms with van der Waals surface area (Å²) in [6.07, 6.45) is 5.73. The summed E-state index contributed by atoms with van der Waals surface area (Å²) in [4.78, 5) is 25.7. The van der Waals surface area contributed by atoms with Crippen molar-refractivity contribution in [3.8, 4) is 5.75 Å². The SMILES string of the molecule is COC(=O)[C@H]1CCCCN1C(=O)/C=C/c1cccc(OC)c1. The molecule has 1 heterocycles. The van der Waals surface area contributed by atoms with Crippen LogP contribution in [0, 0.1) is 0 Å². The van der Waals surface area contributed by atoms with Gasteiger partial charge in [0.15, 0.2) is 0 Å². The van der Waals surface area contributed by atoms with Crippen LogP contribution in [-0.4, -0.2) is 43.6 Å². The smallest absolute Gasteiger partial charge is 0.328 e. The zero-order chi connectivity index (χ0) is 15.9. The highest BCUT2D eigenvalue weighted by atomic mass is 16.5. The van der Waals surface area contributed by atoms with Crippen LogP contribution in [0.4, 0.5) is 0 Å². The maximum atomic E-state index is 12.4. The van der Waals surface area contributed by atoms with Gasteiger partial charge in [-0.25, -0.2) is 4.79 Å². The average molecular weight is 303 g/mol. The summed E-state index contributed by atoms with van der Waals surface area (Å²) in [7, 11) is 2.95. The second-order valence-electron chi connectivity index (χ2n) is 5.18. The third-order valence-electron chi connectivity index (χ3n) is 3.77. The number of piperidine rings is 1. The van der Waals surface area contributed by atoms with Gasteiger partial charge in [-0.15, -0.1) is 0 Å². The molecule has 5 nitrogen and oxygen atoms in total. The number of carbonyl (C=O) groups excluding carboxylic acids is 2. The Kier molecular flexibility index (Phi) is 5.58. The van der Waals surface area contributed by atoms with Gasteiger partial charge in [0.1, 0.15) is 11.8 Å². The summed E-state index contributed by atoms with van der Waals surface area (Å²) in [5, 5.41) is 0. The summed E-state index contributed by atoms with van der Waals surface area (Å²) >= 11 is 0. The van der Waals surface area contributed by atoms with Crippen LogP contribution in [0.1, 0.15) is 24.8 Å². The van der Waals surface area contributed by atoms with Gasteiger partial charge >= 0.3 is 5.97 Å². The van der Waals surface area contributed by atoms with Gasteiger partial charge in [0, 0.05) is 12.6 Å². The first-order valence-electron chi connectivity index (χ1n) is 7.36. The molecule has 0 aliphatic carbocycles. The van der Waals surface area contributed by atoms with Gasteiger partial charge in [-0.3, -0.25) is 4.79 Å². The zero-order valence-electron chi connectivity index (χ0n) is 13.0. The van der Waals surface area contributed by atoms with Crippen molar-refractivity contribution in [2.24, 2.45) is 0 Å². The van der Waals surface area contributed by atoms with E-state index >= 15 is 0 Å². The van der Waals surface area contributed by atoms with E-state index in [-0.39, 0.29) is 11.9 Å². The van der Waals surface area contributed by atoms with Crippen LogP contribution in [0.15, 0.2) is 30.3 Å². The number of rotatable bonds is 4. The summed E-state index contributed by atoms with van der Waals surface area (Å²) in [6, 6.07) is 6.97. The van der Waals surface area contributed by atoms with Crippen LogP contribution in [0.5, 0.6) is 5.75 Å². The molecule has 0 saturated carbocycles. The lowest BCUT2D eigenvalue weighted by Gasteiger charge is -2.32. The van der Waals surface area contributed by atoms with Gasteiger partial charge in [-0.1, -0.05) is 12.1 Å². The molecule has 2 rings (SSSR count). The number of carbonyl (C=O) groups is 2. The quantitative estimate of drug-likeness (QED) is 0.632. The van der Waals surface area contributed by atoms with Gasteiger partial charge in [0.2, 0.25) is 5.91 Å². The van der Waals surface area contributed by atoms with Crippen molar-refractivity contribution >= 4 is 18.0 Å². The summed E-state index contributed by atoms with van der Waals surface area (Å²) in [6.45, 7) is 0.584. The Morgan fingerprint density at radius 1 is 1.27 bits per heavy atom. The molecule has 1 aliphatic heterocycles. The fourth-order valence-corrected chi connectivity index (χ4v) is 2.58. The highest BCUT2D eigenvalue weighted by Crippen LogP contribution is 2.19. The lowest BCUT2D eigenvalue weighted by atomic mass is 10.0. The number of esters is 1. The van der Waals surface area contributed by atoms with E-state index in [0.29, 0.717) is 13.0 Å². The molecule has 0 spiro atoms. The van der Waals surface area contributed by atoms with Crippen molar-refractivity contribution in [3.05, 3.63) is 35.9 Å². The first kappa shape index (κ1) is 16.1. The molecule has 0 unspecified atom stereocenters. The van der Waals surface area contributed by atoms with E-state index in [1.54, 1.807) is 18.1 Å². The van der Waals surface area contributed by atoms with E-state index in [1.165, 1.54) is 13.2 Å². The van der Waals surface area contributed by atoms with Gasteiger partial charge in [-0.05, 0) is 43.0 Å². The molecule has 0 aromatic heterocycles. The number of nitrogens with zero attached hydrogens (tertiary/aromatic N) is 1. The molecule has 1 amide bonds. The van der Waals surface area contributed by atoms with Gasteiger partial charge in [0.05, 0.1) is 14.2 Å². The molecule has 1 aromatic carbocycles. The van der Waals surface area contributed by atoms with E-state index in [0.717, 1.165) is 24.2 Å². The molecule has 0 N–H and O–H groups in total. The highest BCUT2D eigenvalue weighted by molar-refractivity contribution is 5.94. The molecular formula is C17H21NO4. The third kappa shape index (κ3) is 3.87. The normalized spacial score (nSPS) is 18.3. The lowest BCUT2D eigenvalue weighted by Crippen LogP contribution is -2.47. The fourth-order valence-electron chi connectivity index (χ4n) is 2.58. The maximum absolute atomic E-state index is 12.4. The average Bonchev–Trinajstić information content (AvgIpc) is 2.59. The van der Waals surface area contributed by atoms with Gasteiger partial charge in [0.25, 0.3) is 0 Å². The number of hydrogen-bond acceptors (Lipinski definition) is 4. The first-order valence-corrected chi connectivity index (χ1v) is 7.36. The number of methoxy groups -OCH3 is 2. The van der Waals surface area contributed by atoms with E-state index in [4.69, 9.17) is 9.47 Å². The Bertz CT molecular complexity index is 568. The van der Waals surface area contributed by atoms with Crippen molar-refractivity contribution in [1.82, 2.24) is 4.90 Å². The number of benzene rings is 1. The fraction of sp³-hybridized carbons (Fsp3) is 0.412. The van der Waals surface area contributed by atoms with Crippen molar-refractivity contribution < 1.29 is 19.1 Å². The first-order chi connectivity index (χ1) is 10.7. The largest absolute Gasteiger partial charge is 0.497 e. The minimum absolute atomic E-state index is 0.169. The third-order valence-corrected chi connectivity index (χ3v) is 3.77. The van der Waals surface area contributed by atoms with Crippen LogP contribution in [0.2, 0.25) is 0 Å². The lowest BCUT2D eigenvalue weighted by molar-refractivity contribution is -0.153. The predicted molar refractivity (Wildman–Crippen MR) is 83.4 cm³/mol. The van der Waals surface area contributed by atoms with Crippen LogP contribution < -0.4 is 4.74 Å². The topological polar surface area (TPSA) is 55.8 Å². The minimum atomic E-state index is -0.471. The highest BCUT2D eigenvalue weighted by Gasteiger charge is 2.31. The second-order valence-corrected chi connectivity index (χ2v) is 5.18. The molecule has 22 heavy (non-hydrogen) atoms. The molecule has 1 aliphatic rings. The Labute approximate surface area is 130 Å². The van der Waals surface area contributed by atoms with Gasteiger partial charge < -0.3 is 14.4 Å². The molecule has 0 bridgehead atoms. The van der Waals surface area contributed by atoms with Gasteiger partial charge in [-0.2, -0.15) is 0 Å². The molecule has 1 aromatic rings. The van der Waals surface area contributed by atoms with Crippen LogP contribution in [0.3, 0.4) is 0 Å². The standard InChI is InChI=1S/C17H21NO4/c1-21-14-7-5-6-13(12-14)9-10-16(19)18-11-4-3-8-15(18)17(20)22-2/h5-7,9-10,12,15H,3-4,8,11H2,1-2H3/b10-9+/t15-/m1/s1. The molecule has 1 saturated heterocycles. The molecule has 118 valence electrons. The van der Waals surface area contributed by atoms with Crippen molar-refractivity contribution in [2.75, 3.05) is 20.8 Å². The summed E-state index contributed by atoms with van der Waals surface area (Å²) in [5.74, 6) is 0.223. The molecule has 0 radical (unpaired) electrons. The van der Waals surface area contributed by atoms with E-state index in [2.05, 4.69) is 0 Å². The Hall–Kier alpha value is -2.30. The van der Waals surface area contributed by atoms with Crippen LogP contribution in [0.25, 0.3) is 6.08 Å². The van der Waals surface area contributed by atoms with E-state index in [9.17, 15) is 9.59 Å². The van der Waals surface area contributed by atoms with Crippen LogP contribution >= 0.6 is 0 Å². The Balaban J connectivity index is 2.08. The summed E-state index contributed by atoms with van der Waals surface area (Å²) < 4.78 is 9.94. The minimum Gasteiger partial charge on any atom is -0.497 e. The summed E-state index contributed by atoms with van der Waals surface area (Å²) in [5.41, 5.74) is 0.874. The second kappa shape index (κ2) is 7.64.